The van der Waals surface area contributed by atoms with E-state index in [-0.39, 0.29) is 30.0 Å². The summed E-state index contributed by atoms with van der Waals surface area (Å²) in [5, 5.41) is 3.35. The molecule has 0 bridgehead atoms. The van der Waals surface area contributed by atoms with Crippen molar-refractivity contribution in [3.63, 3.8) is 0 Å². The third-order valence-electron chi connectivity index (χ3n) is 5.34. The molecule has 2 aromatic carbocycles. The van der Waals surface area contributed by atoms with E-state index in [4.69, 9.17) is 10.5 Å². The van der Waals surface area contributed by atoms with Crippen molar-refractivity contribution in [1.82, 2.24) is 10.2 Å². The Hall–Kier alpha value is -1.80. The zero-order chi connectivity index (χ0) is 18.5. The SMILES string of the molecule is I.NC(=NCc1ccc(CN2CCCC2)cc1)NC1CCOc2ccccc21. The van der Waals surface area contributed by atoms with E-state index in [1.54, 1.807) is 0 Å². The number of likely N-dealkylation sites (tertiary alicyclic amines) is 1. The minimum Gasteiger partial charge on any atom is -0.493 e. The van der Waals surface area contributed by atoms with Crippen molar-refractivity contribution in [1.29, 1.82) is 0 Å². The average molecular weight is 492 g/mol. The molecule has 4 rings (SSSR count). The first kappa shape index (κ1) is 20.9. The molecule has 0 radical (unpaired) electrons. The Morgan fingerprint density at radius 1 is 1.07 bits per heavy atom. The van der Waals surface area contributed by atoms with Gasteiger partial charge in [-0.2, -0.15) is 0 Å². The molecule has 1 fully saturated rings. The molecule has 150 valence electrons. The number of hydrogen-bond donors (Lipinski definition) is 2. The van der Waals surface area contributed by atoms with Crippen LogP contribution < -0.4 is 15.8 Å². The molecule has 3 N–H and O–H groups in total. The van der Waals surface area contributed by atoms with Crippen molar-refractivity contribution >= 4 is 29.9 Å². The molecular formula is C22H29IN4O. The minimum absolute atomic E-state index is 0. The number of halogens is 1. The first-order valence-electron chi connectivity index (χ1n) is 9.86. The summed E-state index contributed by atoms with van der Waals surface area (Å²) in [6, 6.07) is 17.0. The average Bonchev–Trinajstić information content (AvgIpc) is 3.21. The van der Waals surface area contributed by atoms with Crippen LogP contribution in [0.15, 0.2) is 53.5 Å². The maximum atomic E-state index is 6.14. The third kappa shape index (κ3) is 5.38. The molecule has 0 saturated carbocycles. The van der Waals surface area contributed by atoms with Gasteiger partial charge in [0.1, 0.15) is 5.75 Å². The van der Waals surface area contributed by atoms with Crippen LogP contribution in [-0.4, -0.2) is 30.6 Å². The molecule has 1 atom stereocenters. The number of rotatable bonds is 5. The van der Waals surface area contributed by atoms with Crippen LogP contribution in [0.2, 0.25) is 0 Å². The highest BCUT2D eigenvalue weighted by Crippen LogP contribution is 2.31. The normalized spacial score (nSPS) is 19.4. The van der Waals surface area contributed by atoms with Crippen molar-refractivity contribution in [2.24, 2.45) is 10.7 Å². The van der Waals surface area contributed by atoms with E-state index in [1.807, 2.05) is 18.2 Å². The largest absolute Gasteiger partial charge is 0.493 e. The summed E-state index contributed by atoms with van der Waals surface area (Å²) in [5.74, 6) is 1.42. The number of ether oxygens (including phenoxy) is 1. The smallest absolute Gasteiger partial charge is 0.189 e. The molecule has 5 nitrogen and oxygen atoms in total. The van der Waals surface area contributed by atoms with Crippen LogP contribution in [0.1, 0.15) is 42.0 Å². The van der Waals surface area contributed by atoms with Crippen molar-refractivity contribution < 1.29 is 4.74 Å². The summed E-state index contributed by atoms with van der Waals surface area (Å²) in [6.45, 7) is 4.79. The summed E-state index contributed by atoms with van der Waals surface area (Å²) >= 11 is 0. The number of nitrogens with one attached hydrogen (secondary N) is 1. The summed E-state index contributed by atoms with van der Waals surface area (Å²) < 4.78 is 5.70. The molecule has 0 aliphatic carbocycles. The quantitative estimate of drug-likeness (QED) is 0.379. The fourth-order valence-corrected chi connectivity index (χ4v) is 3.84. The molecule has 0 amide bonds. The van der Waals surface area contributed by atoms with Gasteiger partial charge in [0.05, 0.1) is 19.2 Å². The number of aliphatic imine (C=N–C) groups is 1. The maximum Gasteiger partial charge on any atom is 0.189 e. The van der Waals surface area contributed by atoms with Gasteiger partial charge >= 0.3 is 0 Å². The molecule has 2 aromatic rings. The van der Waals surface area contributed by atoms with Crippen molar-refractivity contribution in [2.75, 3.05) is 19.7 Å². The van der Waals surface area contributed by atoms with E-state index >= 15 is 0 Å². The summed E-state index contributed by atoms with van der Waals surface area (Å²) in [5.41, 5.74) is 9.83. The lowest BCUT2D eigenvalue weighted by Crippen LogP contribution is -2.37. The molecule has 6 heteroatoms. The Kier molecular flexibility index (Phi) is 7.56. The molecule has 0 aromatic heterocycles. The van der Waals surface area contributed by atoms with Crippen LogP contribution in [0.4, 0.5) is 0 Å². The molecule has 2 aliphatic heterocycles. The van der Waals surface area contributed by atoms with E-state index in [9.17, 15) is 0 Å². The fourth-order valence-electron chi connectivity index (χ4n) is 3.84. The van der Waals surface area contributed by atoms with Crippen LogP contribution in [0.3, 0.4) is 0 Å². The van der Waals surface area contributed by atoms with E-state index in [1.165, 1.54) is 37.1 Å². The second-order valence-corrected chi connectivity index (χ2v) is 7.37. The van der Waals surface area contributed by atoms with Crippen LogP contribution in [0.25, 0.3) is 0 Å². The molecule has 0 spiro atoms. The van der Waals surface area contributed by atoms with Gasteiger partial charge in [0.15, 0.2) is 5.96 Å². The van der Waals surface area contributed by atoms with Gasteiger partial charge in [-0.1, -0.05) is 42.5 Å². The summed E-state index contributed by atoms with van der Waals surface area (Å²) in [6.07, 6.45) is 3.55. The van der Waals surface area contributed by atoms with E-state index in [0.717, 1.165) is 24.3 Å². The number of para-hydroxylation sites is 1. The predicted octanol–water partition coefficient (Wildman–Crippen LogP) is 3.83. The maximum absolute atomic E-state index is 6.14. The first-order chi connectivity index (χ1) is 13.3. The van der Waals surface area contributed by atoms with Gasteiger partial charge < -0.3 is 15.8 Å². The van der Waals surface area contributed by atoms with Gasteiger partial charge in [0.2, 0.25) is 0 Å². The molecule has 2 heterocycles. The molecule has 2 aliphatic rings. The summed E-state index contributed by atoms with van der Waals surface area (Å²) in [7, 11) is 0. The number of nitrogens with two attached hydrogens (primary N) is 1. The van der Waals surface area contributed by atoms with Gasteiger partial charge in [0, 0.05) is 18.5 Å². The Bertz CT molecular complexity index is 787. The second-order valence-electron chi connectivity index (χ2n) is 7.37. The highest BCUT2D eigenvalue weighted by Gasteiger charge is 2.21. The van der Waals surface area contributed by atoms with Gasteiger partial charge in [-0.3, -0.25) is 4.90 Å². The van der Waals surface area contributed by atoms with Crippen LogP contribution in [0, 0.1) is 0 Å². The van der Waals surface area contributed by atoms with E-state index in [0.29, 0.717) is 19.1 Å². The van der Waals surface area contributed by atoms with E-state index in [2.05, 4.69) is 45.5 Å². The van der Waals surface area contributed by atoms with Crippen LogP contribution >= 0.6 is 24.0 Å². The number of hydrogen-bond acceptors (Lipinski definition) is 3. The summed E-state index contributed by atoms with van der Waals surface area (Å²) in [4.78, 5) is 7.04. The second kappa shape index (κ2) is 10.1. The lowest BCUT2D eigenvalue weighted by Gasteiger charge is -2.26. The first-order valence-corrected chi connectivity index (χ1v) is 9.86. The topological polar surface area (TPSA) is 62.9 Å². The predicted molar refractivity (Wildman–Crippen MR) is 124 cm³/mol. The van der Waals surface area contributed by atoms with Gasteiger partial charge in [-0.25, -0.2) is 4.99 Å². The number of guanidine groups is 1. The molecule has 1 unspecified atom stereocenters. The van der Waals surface area contributed by atoms with Crippen molar-refractivity contribution in [3.05, 3.63) is 65.2 Å². The Morgan fingerprint density at radius 3 is 2.57 bits per heavy atom. The molecule has 1 saturated heterocycles. The highest BCUT2D eigenvalue weighted by molar-refractivity contribution is 14.0. The molecular weight excluding hydrogens is 463 g/mol. The van der Waals surface area contributed by atoms with Crippen molar-refractivity contribution in [3.8, 4) is 5.75 Å². The Labute approximate surface area is 184 Å². The Balaban J connectivity index is 0.00000225. The van der Waals surface area contributed by atoms with E-state index < -0.39 is 0 Å². The third-order valence-corrected chi connectivity index (χ3v) is 5.34. The molecule has 28 heavy (non-hydrogen) atoms. The van der Waals surface area contributed by atoms with Gasteiger partial charge in [-0.05, 0) is 43.1 Å². The minimum atomic E-state index is 0. The Morgan fingerprint density at radius 2 is 1.79 bits per heavy atom. The fraction of sp³-hybridized carbons (Fsp3) is 0.409. The lowest BCUT2D eigenvalue weighted by atomic mass is 10.0. The van der Waals surface area contributed by atoms with Crippen LogP contribution in [-0.2, 0) is 13.1 Å². The zero-order valence-electron chi connectivity index (χ0n) is 16.1. The van der Waals surface area contributed by atoms with Crippen LogP contribution in [0.5, 0.6) is 5.75 Å². The lowest BCUT2D eigenvalue weighted by molar-refractivity contribution is 0.262. The highest BCUT2D eigenvalue weighted by atomic mass is 127. The number of fused-ring (bicyclic) bond motifs is 1. The monoisotopic (exact) mass is 492 g/mol. The zero-order valence-corrected chi connectivity index (χ0v) is 18.5. The standard InChI is InChI=1S/C22H28N4O.HI/c23-22(25-20-11-14-27-21-6-2-1-5-19(20)21)24-15-17-7-9-18(10-8-17)16-26-12-3-4-13-26;/h1-2,5-10,20H,3-4,11-16H2,(H3,23,24,25);1H. The number of benzene rings is 2. The van der Waals surface area contributed by atoms with Gasteiger partial charge in [-0.15, -0.1) is 24.0 Å². The van der Waals surface area contributed by atoms with Crippen molar-refractivity contribution in [2.45, 2.75) is 38.4 Å². The number of nitrogens with zero attached hydrogens (tertiary/aromatic N) is 2. The van der Waals surface area contributed by atoms with Gasteiger partial charge in [0.25, 0.3) is 0 Å².